The van der Waals surface area contributed by atoms with Crippen molar-refractivity contribution in [3.8, 4) is 0 Å². The number of fused-ring (bicyclic) bond motifs is 1. The Morgan fingerprint density at radius 3 is 2.64 bits per heavy atom. The fourth-order valence-electron chi connectivity index (χ4n) is 3.26. The first-order valence-corrected chi connectivity index (χ1v) is 12.1. The molecule has 0 atom stereocenters. The summed E-state index contributed by atoms with van der Waals surface area (Å²) in [6.07, 6.45) is 2.27. The van der Waals surface area contributed by atoms with Gasteiger partial charge in [-0.3, -0.25) is 4.79 Å². The van der Waals surface area contributed by atoms with E-state index in [1.807, 2.05) is 6.07 Å². The van der Waals surface area contributed by atoms with Gasteiger partial charge in [-0.2, -0.15) is 25.2 Å². The molecule has 0 spiro atoms. The number of amides is 1. The second-order valence-corrected chi connectivity index (χ2v) is 13.5. The molecular formula is C17H23BrN2OSi-. The van der Waals surface area contributed by atoms with Gasteiger partial charge >= 0.3 is 0 Å². The number of aromatic nitrogens is 1. The Kier molecular flexibility index (Phi) is 4.20. The van der Waals surface area contributed by atoms with Crippen molar-refractivity contribution in [2.75, 3.05) is 0 Å². The maximum atomic E-state index is 12.5. The van der Waals surface area contributed by atoms with Crippen LogP contribution in [-0.4, -0.2) is 25.0 Å². The molecular weight excluding hydrogens is 356 g/mol. The lowest BCUT2D eigenvalue weighted by atomic mass is 10.1. The van der Waals surface area contributed by atoms with E-state index in [9.17, 15) is 4.79 Å². The standard InChI is InChI=1S/C17H23BrN2OSi/c1-11-8-14(18)13-10-16(20-15(13)9-11)17(21)19-12-4-6-22(2,3)7-5-12/h8-10,12,20H,4-7H2,1-3H3,(H,19,21)/q-1. The van der Waals surface area contributed by atoms with Crippen molar-refractivity contribution in [3.05, 3.63) is 33.9 Å². The Balaban J connectivity index is 1.74. The minimum atomic E-state index is -0.968. The number of nitrogens with one attached hydrogen (secondary N) is 2. The number of carbonyl (C=O) groups is 1. The van der Waals surface area contributed by atoms with Crippen molar-refractivity contribution < 1.29 is 4.79 Å². The molecule has 3 rings (SSSR count). The fourth-order valence-corrected chi connectivity index (χ4v) is 6.46. The SMILES string of the molecule is Cc1cc(Br)c2cc(C(=O)NC3CC[Si-](C)(C)CC3)[nH]c2c1. The van der Waals surface area contributed by atoms with E-state index in [2.05, 4.69) is 58.4 Å². The van der Waals surface area contributed by atoms with Gasteiger partial charge in [-0.1, -0.05) is 28.8 Å². The number of carbonyl (C=O) groups excluding carboxylic acids is 1. The average molecular weight is 379 g/mol. The molecule has 0 aliphatic carbocycles. The highest BCUT2D eigenvalue weighted by molar-refractivity contribution is 9.10. The van der Waals surface area contributed by atoms with Gasteiger partial charge in [0.1, 0.15) is 5.69 Å². The van der Waals surface area contributed by atoms with Gasteiger partial charge < -0.3 is 10.3 Å². The van der Waals surface area contributed by atoms with Crippen LogP contribution in [0.15, 0.2) is 22.7 Å². The predicted octanol–water partition coefficient (Wildman–Crippen LogP) is 4.84. The van der Waals surface area contributed by atoms with E-state index >= 15 is 0 Å². The third-order valence-corrected chi connectivity index (χ3v) is 8.69. The zero-order valence-corrected chi connectivity index (χ0v) is 16.0. The third kappa shape index (κ3) is 3.30. The van der Waals surface area contributed by atoms with E-state index in [1.165, 1.54) is 17.7 Å². The number of aromatic amines is 1. The van der Waals surface area contributed by atoms with Crippen molar-refractivity contribution in [3.63, 3.8) is 0 Å². The summed E-state index contributed by atoms with van der Waals surface area (Å²) < 4.78 is 1.03. The van der Waals surface area contributed by atoms with E-state index in [1.54, 1.807) is 0 Å². The lowest BCUT2D eigenvalue weighted by molar-refractivity contribution is 0.0929. The summed E-state index contributed by atoms with van der Waals surface area (Å²) in [6, 6.07) is 9.06. The molecule has 3 nitrogen and oxygen atoms in total. The first-order chi connectivity index (χ1) is 10.3. The monoisotopic (exact) mass is 378 g/mol. The van der Waals surface area contributed by atoms with Crippen LogP contribution in [0.5, 0.6) is 0 Å². The Morgan fingerprint density at radius 2 is 1.95 bits per heavy atom. The molecule has 0 radical (unpaired) electrons. The summed E-state index contributed by atoms with van der Waals surface area (Å²) in [5, 5.41) is 4.27. The lowest BCUT2D eigenvalue weighted by Crippen LogP contribution is -2.42. The number of rotatable bonds is 2. The van der Waals surface area contributed by atoms with Crippen molar-refractivity contribution in [2.24, 2.45) is 0 Å². The van der Waals surface area contributed by atoms with Crippen molar-refractivity contribution in [1.82, 2.24) is 10.3 Å². The summed E-state index contributed by atoms with van der Waals surface area (Å²) in [7, 11) is -0.968. The van der Waals surface area contributed by atoms with Crippen LogP contribution in [-0.2, 0) is 0 Å². The number of hydrogen-bond acceptors (Lipinski definition) is 1. The first kappa shape index (κ1) is 15.8. The number of aryl methyl sites for hydroxylation is 1. The molecule has 1 amide bonds. The van der Waals surface area contributed by atoms with Crippen molar-refractivity contribution in [1.29, 1.82) is 0 Å². The molecule has 0 bridgehead atoms. The number of benzene rings is 1. The molecule has 1 aromatic carbocycles. The largest absolute Gasteiger partial charge is 0.350 e. The highest BCUT2D eigenvalue weighted by Crippen LogP contribution is 2.29. The van der Waals surface area contributed by atoms with Crippen molar-refractivity contribution >= 4 is 40.8 Å². The molecule has 2 N–H and O–H groups in total. The zero-order valence-electron chi connectivity index (χ0n) is 13.4. The molecule has 1 aliphatic rings. The quantitative estimate of drug-likeness (QED) is 0.721. The van der Waals surface area contributed by atoms with Gasteiger partial charge in [-0.15, -0.1) is 8.07 Å². The molecule has 1 aromatic heterocycles. The highest BCUT2D eigenvalue weighted by Gasteiger charge is 2.22. The van der Waals surface area contributed by atoms with Crippen LogP contribution in [0.25, 0.3) is 10.9 Å². The Bertz CT molecular complexity index is 713. The lowest BCUT2D eigenvalue weighted by Gasteiger charge is -2.41. The molecule has 5 heteroatoms. The van der Waals surface area contributed by atoms with Crippen LogP contribution in [0, 0.1) is 6.92 Å². The van der Waals surface area contributed by atoms with E-state index in [0.717, 1.165) is 28.2 Å². The first-order valence-electron chi connectivity index (χ1n) is 7.94. The van der Waals surface area contributed by atoms with Crippen LogP contribution in [0.3, 0.4) is 0 Å². The van der Waals surface area contributed by atoms with E-state index in [-0.39, 0.29) is 5.91 Å². The van der Waals surface area contributed by atoms with E-state index < -0.39 is 8.07 Å². The molecule has 2 heterocycles. The average Bonchev–Trinajstić information content (AvgIpc) is 2.85. The van der Waals surface area contributed by atoms with Crippen molar-refractivity contribution in [2.45, 2.75) is 51.0 Å². The van der Waals surface area contributed by atoms with Crippen LogP contribution in [0.1, 0.15) is 28.9 Å². The van der Waals surface area contributed by atoms with Crippen LogP contribution < -0.4 is 5.32 Å². The van der Waals surface area contributed by atoms with Gasteiger partial charge in [-0.05, 0) is 30.7 Å². The van der Waals surface area contributed by atoms with Gasteiger partial charge in [-0.25, -0.2) is 0 Å². The minimum Gasteiger partial charge on any atom is -0.350 e. The van der Waals surface area contributed by atoms with Gasteiger partial charge in [0.2, 0.25) is 0 Å². The molecule has 0 saturated carbocycles. The Labute approximate surface area is 141 Å². The molecule has 22 heavy (non-hydrogen) atoms. The summed E-state index contributed by atoms with van der Waals surface area (Å²) in [4.78, 5) is 15.7. The van der Waals surface area contributed by atoms with Gasteiger partial charge in [0.15, 0.2) is 0 Å². The molecule has 1 fully saturated rings. The highest BCUT2D eigenvalue weighted by atomic mass is 79.9. The molecule has 2 aromatic rings. The topological polar surface area (TPSA) is 44.9 Å². The van der Waals surface area contributed by atoms with Crippen LogP contribution >= 0.6 is 15.9 Å². The third-order valence-electron chi connectivity index (χ3n) is 4.75. The smallest absolute Gasteiger partial charge is 0.267 e. The van der Waals surface area contributed by atoms with E-state index in [4.69, 9.17) is 0 Å². The second-order valence-electron chi connectivity index (χ2n) is 7.30. The molecule has 119 valence electrons. The maximum Gasteiger partial charge on any atom is 0.267 e. The number of hydrogen-bond donors (Lipinski definition) is 2. The molecule has 1 aliphatic heterocycles. The summed E-state index contributed by atoms with van der Waals surface area (Å²) in [6.45, 7) is 6.95. The number of H-pyrrole nitrogens is 1. The summed E-state index contributed by atoms with van der Waals surface area (Å²) in [5.74, 6) is 0.0205. The predicted molar refractivity (Wildman–Crippen MR) is 98.3 cm³/mol. The van der Waals surface area contributed by atoms with Gasteiger partial charge in [0, 0.05) is 21.4 Å². The maximum absolute atomic E-state index is 12.5. The Hall–Kier alpha value is -1.07. The molecule has 0 unspecified atom stereocenters. The second kappa shape index (κ2) is 5.85. The van der Waals surface area contributed by atoms with Gasteiger partial charge in [0.25, 0.3) is 5.91 Å². The number of halogens is 1. The normalized spacial score (nSPS) is 18.5. The summed E-state index contributed by atoms with van der Waals surface area (Å²) >= 11 is 3.57. The zero-order chi connectivity index (χ0) is 15.9. The van der Waals surface area contributed by atoms with Crippen LogP contribution in [0.2, 0.25) is 25.2 Å². The van der Waals surface area contributed by atoms with Gasteiger partial charge in [0.05, 0.1) is 0 Å². The Morgan fingerprint density at radius 1 is 1.27 bits per heavy atom. The summed E-state index contributed by atoms with van der Waals surface area (Å²) in [5.41, 5.74) is 2.84. The van der Waals surface area contributed by atoms with Crippen LogP contribution in [0.4, 0.5) is 0 Å². The van der Waals surface area contributed by atoms with E-state index in [0.29, 0.717) is 11.7 Å². The minimum absolute atomic E-state index is 0.0205. The fraction of sp³-hybridized carbons (Fsp3) is 0.471. The molecule has 1 saturated heterocycles.